The molecule has 236 valence electrons. The lowest BCUT2D eigenvalue weighted by atomic mass is 9.97. The lowest BCUT2D eigenvalue weighted by molar-refractivity contribution is 0.670. The molecule has 0 N–H and O–H groups in total. The van der Waals surface area contributed by atoms with Gasteiger partial charge in [-0.1, -0.05) is 146 Å². The summed E-state index contributed by atoms with van der Waals surface area (Å²) in [5.74, 6) is 1.86. The molecular weight excluding hydrogens is 623 g/mol. The van der Waals surface area contributed by atoms with Crippen molar-refractivity contribution in [1.82, 2.24) is 15.0 Å². The van der Waals surface area contributed by atoms with Gasteiger partial charge < -0.3 is 4.42 Å². The number of fused-ring (bicyclic) bond motifs is 8. The molecule has 0 fully saturated rings. The van der Waals surface area contributed by atoms with Gasteiger partial charge in [-0.15, -0.1) is 0 Å². The van der Waals surface area contributed by atoms with Crippen LogP contribution in [0.5, 0.6) is 0 Å². The van der Waals surface area contributed by atoms with E-state index in [2.05, 4.69) is 121 Å². The fourth-order valence-corrected chi connectivity index (χ4v) is 7.86. The highest BCUT2D eigenvalue weighted by molar-refractivity contribution is 6.27. The van der Waals surface area contributed by atoms with Crippen molar-refractivity contribution in [2.24, 2.45) is 0 Å². The summed E-state index contributed by atoms with van der Waals surface area (Å²) >= 11 is 0. The first-order chi connectivity index (χ1) is 25.3. The summed E-state index contributed by atoms with van der Waals surface area (Å²) in [6, 6.07) is 57.3. The normalized spacial score (nSPS) is 11.9. The van der Waals surface area contributed by atoms with Crippen LogP contribution in [-0.2, 0) is 0 Å². The molecule has 8 aromatic carbocycles. The largest absolute Gasteiger partial charge is 0.455 e. The second-order valence-electron chi connectivity index (χ2n) is 13.2. The summed E-state index contributed by atoms with van der Waals surface area (Å²) in [5.41, 5.74) is 11.6. The van der Waals surface area contributed by atoms with Crippen LogP contribution in [0.25, 0.3) is 111 Å². The van der Waals surface area contributed by atoms with E-state index in [0.717, 1.165) is 49.8 Å². The zero-order valence-corrected chi connectivity index (χ0v) is 27.3. The number of nitrogens with zero attached hydrogens (tertiary/aromatic N) is 3. The van der Waals surface area contributed by atoms with Crippen molar-refractivity contribution in [1.29, 1.82) is 0 Å². The van der Waals surface area contributed by atoms with E-state index < -0.39 is 0 Å². The molecule has 2 heterocycles. The van der Waals surface area contributed by atoms with E-state index in [1.54, 1.807) is 0 Å². The number of benzene rings is 8. The van der Waals surface area contributed by atoms with Crippen molar-refractivity contribution in [3.05, 3.63) is 164 Å². The Morgan fingerprint density at radius 1 is 0.353 bits per heavy atom. The second-order valence-corrected chi connectivity index (χ2v) is 13.2. The van der Waals surface area contributed by atoms with Crippen LogP contribution in [0.1, 0.15) is 0 Å². The molecule has 0 radical (unpaired) electrons. The summed E-state index contributed by atoms with van der Waals surface area (Å²) in [5, 5.41) is 6.95. The van der Waals surface area contributed by atoms with E-state index in [1.165, 1.54) is 43.8 Å². The van der Waals surface area contributed by atoms with Gasteiger partial charge in [-0.2, -0.15) is 0 Å². The third kappa shape index (κ3) is 4.30. The van der Waals surface area contributed by atoms with Gasteiger partial charge in [0.1, 0.15) is 11.2 Å². The Bertz CT molecular complexity index is 3020. The second kappa shape index (κ2) is 10.8. The van der Waals surface area contributed by atoms with Crippen LogP contribution in [0.3, 0.4) is 0 Å². The number of rotatable bonds is 4. The van der Waals surface area contributed by atoms with Gasteiger partial charge in [-0.3, -0.25) is 0 Å². The molecule has 0 bridgehead atoms. The van der Waals surface area contributed by atoms with Crippen LogP contribution in [0.15, 0.2) is 168 Å². The minimum absolute atomic E-state index is 0.608. The Hall–Kier alpha value is -6.91. The van der Waals surface area contributed by atoms with E-state index in [-0.39, 0.29) is 0 Å². The van der Waals surface area contributed by atoms with Crippen molar-refractivity contribution >= 4 is 43.5 Å². The van der Waals surface area contributed by atoms with Crippen LogP contribution in [-0.4, -0.2) is 15.0 Å². The van der Waals surface area contributed by atoms with Crippen LogP contribution in [0.2, 0.25) is 0 Å². The van der Waals surface area contributed by atoms with Gasteiger partial charge in [-0.25, -0.2) is 15.0 Å². The van der Waals surface area contributed by atoms with Gasteiger partial charge in [0.2, 0.25) is 0 Å². The maximum absolute atomic E-state index is 6.78. The molecule has 11 rings (SSSR count). The number of furan rings is 1. The van der Waals surface area contributed by atoms with E-state index in [1.807, 2.05) is 42.5 Å². The molecule has 0 saturated heterocycles. The van der Waals surface area contributed by atoms with Crippen LogP contribution < -0.4 is 0 Å². The van der Waals surface area contributed by atoms with Crippen molar-refractivity contribution < 1.29 is 4.42 Å². The topological polar surface area (TPSA) is 51.8 Å². The first-order valence-electron chi connectivity index (χ1n) is 17.2. The maximum atomic E-state index is 6.78. The molecule has 1 aliphatic carbocycles. The van der Waals surface area contributed by atoms with Gasteiger partial charge in [-0.05, 0) is 62.2 Å². The molecule has 0 aliphatic heterocycles. The van der Waals surface area contributed by atoms with Crippen molar-refractivity contribution in [3.8, 4) is 67.5 Å². The van der Waals surface area contributed by atoms with Gasteiger partial charge in [0.15, 0.2) is 17.5 Å². The molecule has 0 atom stereocenters. The lowest BCUT2D eigenvalue weighted by Crippen LogP contribution is -2.00. The Balaban J connectivity index is 1.11. The standard InChI is InChI=1S/C47H27N3O/c1-2-11-30(12-3-1)45-48-46(31-23-20-29(21-24-31)33-25-22-28-10-4-5-13-32(28)26-33)50-47(49-45)38-18-9-19-40-42(38)39-27-34-14-8-17-36-35-15-6-7-16-37(35)43(41(34)36)44(39)51-40/h1-27H. The molecule has 0 spiro atoms. The smallest absolute Gasteiger partial charge is 0.164 e. The van der Waals surface area contributed by atoms with Crippen molar-refractivity contribution in [3.63, 3.8) is 0 Å². The molecule has 1 aliphatic rings. The zero-order chi connectivity index (χ0) is 33.5. The molecule has 4 nitrogen and oxygen atoms in total. The van der Waals surface area contributed by atoms with Crippen molar-refractivity contribution in [2.45, 2.75) is 0 Å². The molecule has 0 saturated carbocycles. The Kier molecular flexibility index (Phi) is 5.92. The molecular formula is C47H27N3O. The molecule has 0 amide bonds. The summed E-state index contributed by atoms with van der Waals surface area (Å²) in [4.78, 5) is 15.3. The maximum Gasteiger partial charge on any atom is 0.164 e. The van der Waals surface area contributed by atoms with E-state index >= 15 is 0 Å². The number of hydrogen-bond donors (Lipinski definition) is 0. The predicted molar refractivity (Wildman–Crippen MR) is 208 cm³/mol. The SMILES string of the molecule is c1ccc(-c2nc(-c3ccc(-c4ccc5ccccc5c4)cc3)nc(-c3cccc4oc5c6c7c(cccc7cc5c34)-c3ccccc3-6)n2)cc1. The molecule has 51 heavy (non-hydrogen) atoms. The minimum Gasteiger partial charge on any atom is -0.455 e. The van der Waals surface area contributed by atoms with Gasteiger partial charge >= 0.3 is 0 Å². The average Bonchev–Trinajstić information content (AvgIpc) is 3.75. The lowest BCUT2D eigenvalue weighted by Gasteiger charge is -2.10. The summed E-state index contributed by atoms with van der Waals surface area (Å²) < 4.78 is 6.78. The Morgan fingerprint density at radius 2 is 0.961 bits per heavy atom. The average molecular weight is 650 g/mol. The van der Waals surface area contributed by atoms with E-state index in [0.29, 0.717) is 17.5 Å². The van der Waals surface area contributed by atoms with Crippen LogP contribution >= 0.6 is 0 Å². The third-order valence-electron chi connectivity index (χ3n) is 10.2. The molecule has 10 aromatic rings. The molecule has 4 heteroatoms. The number of aromatic nitrogens is 3. The summed E-state index contributed by atoms with van der Waals surface area (Å²) in [6.45, 7) is 0. The highest BCUT2D eigenvalue weighted by Crippen LogP contribution is 2.52. The van der Waals surface area contributed by atoms with E-state index in [9.17, 15) is 0 Å². The van der Waals surface area contributed by atoms with E-state index in [4.69, 9.17) is 19.4 Å². The highest BCUT2D eigenvalue weighted by Gasteiger charge is 2.27. The van der Waals surface area contributed by atoms with Crippen LogP contribution in [0.4, 0.5) is 0 Å². The predicted octanol–water partition coefficient (Wildman–Crippen LogP) is 12.4. The third-order valence-corrected chi connectivity index (χ3v) is 10.2. The summed E-state index contributed by atoms with van der Waals surface area (Å²) in [6.07, 6.45) is 0. The zero-order valence-electron chi connectivity index (χ0n) is 27.3. The fourth-order valence-electron chi connectivity index (χ4n) is 7.86. The Labute approximate surface area is 293 Å². The van der Waals surface area contributed by atoms with Crippen LogP contribution in [0, 0.1) is 0 Å². The fraction of sp³-hybridized carbons (Fsp3) is 0. The van der Waals surface area contributed by atoms with Gasteiger partial charge in [0.05, 0.1) is 0 Å². The number of hydrogen-bond acceptors (Lipinski definition) is 4. The summed E-state index contributed by atoms with van der Waals surface area (Å²) in [7, 11) is 0. The quantitative estimate of drug-likeness (QED) is 0.190. The monoisotopic (exact) mass is 649 g/mol. The van der Waals surface area contributed by atoms with Gasteiger partial charge in [0, 0.05) is 38.4 Å². The molecule has 2 aromatic heterocycles. The van der Waals surface area contributed by atoms with Gasteiger partial charge in [0.25, 0.3) is 0 Å². The first kappa shape index (κ1) is 28.0. The first-order valence-corrected chi connectivity index (χ1v) is 17.2. The Morgan fingerprint density at radius 3 is 1.80 bits per heavy atom. The highest BCUT2D eigenvalue weighted by atomic mass is 16.3. The minimum atomic E-state index is 0.608. The van der Waals surface area contributed by atoms with Crippen molar-refractivity contribution in [2.75, 3.05) is 0 Å². The molecule has 0 unspecified atom stereocenters.